The lowest BCUT2D eigenvalue weighted by atomic mass is 10.1. The van der Waals surface area contributed by atoms with E-state index in [0.29, 0.717) is 25.3 Å². The Balaban J connectivity index is 1.59. The molecule has 5 nitrogen and oxygen atoms in total. The van der Waals surface area contributed by atoms with Crippen LogP contribution >= 0.6 is 0 Å². The van der Waals surface area contributed by atoms with Crippen LogP contribution in [0.5, 0.6) is 0 Å². The van der Waals surface area contributed by atoms with Gasteiger partial charge < -0.3 is 9.64 Å². The van der Waals surface area contributed by atoms with Crippen LogP contribution in [0.3, 0.4) is 0 Å². The van der Waals surface area contributed by atoms with Crippen molar-refractivity contribution >= 4 is 5.91 Å². The van der Waals surface area contributed by atoms with Crippen molar-refractivity contribution in [3.8, 4) is 5.69 Å². The molecule has 3 aromatic rings. The van der Waals surface area contributed by atoms with E-state index in [1.807, 2.05) is 71.8 Å². The third-order valence-corrected chi connectivity index (χ3v) is 4.41. The second-order valence-electron chi connectivity index (χ2n) is 5.99. The monoisotopic (exact) mass is 333 g/mol. The molecule has 1 fully saturated rings. The van der Waals surface area contributed by atoms with Gasteiger partial charge in [0.15, 0.2) is 0 Å². The van der Waals surface area contributed by atoms with Crippen LogP contribution in [-0.4, -0.2) is 40.3 Å². The molecule has 5 heteroatoms. The van der Waals surface area contributed by atoms with Crippen molar-refractivity contribution in [3.05, 3.63) is 84.2 Å². The molecule has 2 heterocycles. The van der Waals surface area contributed by atoms with E-state index in [9.17, 15) is 4.79 Å². The van der Waals surface area contributed by atoms with E-state index in [4.69, 9.17) is 4.74 Å². The number of rotatable bonds is 3. The van der Waals surface area contributed by atoms with Crippen molar-refractivity contribution in [1.82, 2.24) is 14.7 Å². The normalized spacial score (nSPS) is 17.4. The van der Waals surface area contributed by atoms with Gasteiger partial charge in [-0.25, -0.2) is 4.68 Å². The van der Waals surface area contributed by atoms with Gasteiger partial charge in [0, 0.05) is 18.9 Å². The van der Waals surface area contributed by atoms with E-state index < -0.39 is 0 Å². The van der Waals surface area contributed by atoms with Crippen LogP contribution in [0.1, 0.15) is 22.0 Å². The fraction of sp³-hybridized carbons (Fsp3) is 0.200. The molecule has 1 amide bonds. The molecule has 4 rings (SSSR count). The second kappa shape index (κ2) is 6.91. The van der Waals surface area contributed by atoms with E-state index in [0.717, 1.165) is 11.3 Å². The number of carbonyl (C=O) groups is 1. The van der Waals surface area contributed by atoms with Gasteiger partial charge in [-0.15, -0.1) is 0 Å². The van der Waals surface area contributed by atoms with Crippen molar-refractivity contribution in [3.63, 3.8) is 0 Å². The van der Waals surface area contributed by atoms with Gasteiger partial charge in [-0.3, -0.25) is 4.79 Å². The van der Waals surface area contributed by atoms with Gasteiger partial charge in [-0.05, 0) is 23.8 Å². The summed E-state index contributed by atoms with van der Waals surface area (Å²) in [6, 6.07) is 19.5. The Morgan fingerprint density at radius 3 is 2.64 bits per heavy atom. The maximum Gasteiger partial charge on any atom is 0.256 e. The quantitative estimate of drug-likeness (QED) is 0.740. The third kappa shape index (κ3) is 3.19. The van der Waals surface area contributed by atoms with E-state index in [1.54, 1.807) is 10.9 Å². The first kappa shape index (κ1) is 15.6. The number of hydrogen-bond donors (Lipinski definition) is 0. The summed E-state index contributed by atoms with van der Waals surface area (Å²) < 4.78 is 7.60. The molecule has 1 aliphatic heterocycles. The fourth-order valence-electron chi connectivity index (χ4n) is 3.14. The molecule has 0 aliphatic carbocycles. The Kier molecular flexibility index (Phi) is 4.31. The molecule has 1 atom stereocenters. The SMILES string of the molecule is O=C(c1ccccc1-n1cccn1)N1CCO[C@H](c2ccccc2)C1. The number of nitrogens with zero attached hydrogens (tertiary/aromatic N) is 3. The maximum atomic E-state index is 13.1. The highest BCUT2D eigenvalue weighted by atomic mass is 16.5. The molecule has 25 heavy (non-hydrogen) atoms. The molecule has 2 aromatic carbocycles. The minimum Gasteiger partial charge on any atom is -0.370 e. The van der Waals surface area contributed by atoms with Crippen LogP contribution < -0.4 is 0 Å². The summed E-state index contributed by atoms with van der Waals surface area (Å²) in [5.41, 5.74) is 2.54. The minimum absolute atomic E-state index is 0.00957. The summed E-state index contributed by atoms with van der Waals surface area (Å²) in [7, 11) is 0. The van der Waals surface area contributed by atoms with Crippen LogP contribution in [0.4, 0.5) is 0 Å². The summed E-state index contributed by atoms with van der Waals surface area (Å²) in [5, 5.41) is 4.26. The molecule has 126 valence electrons. The Morgan fingerprint density at radius 2 is 1.84 bits per heavy atom. The fourth-order valence-corrected chi connectivity index (χ4v) is 3.14. The van der Waals surface area contributed by atoms with E-state index in [1.165, 1.54) is 0 Å². The van der Waals surface area contributed by atoms with Gasteiger partial charge in [-0.2, -0.15) is 5.10 Å². The number of ether oxygens (including phenoxy) is 1. The highest BCUT2D eigenvalue weighted by molar-refractivity contribution is 5.97. The van der Waals surface area contributed by atoms with Gasteiger partial charge in [-0.1, -0.05) is 42.5 Å². The largest absolute Gasteiger partial charge is 0.370 e. The molecule has 0 saturated carbocycles. The molecule has 0 N–H and O–H groups in total. The van der Waals surface area contributed by atoms with Crippen molar-refractivity contribution in [2.75, 3.05) is 19.7 Å². The summed E-state index contributed by atoms with van der Waals surface area (Å²) in [5.74, 6) is 0.00957. The van der Waals surface area contributed by atoms with Crippen LogP contribution in [0.25, 0.3) is 5.69 Å². The van der Waals surface area contributed by atoms with E-state index in [2.05, 4.69) is 5.10 Å². The number of morpholine rings is 1. The number of aromatic nitrogens is 2. The average Bonchev–Trinajstić information content (AvgIpc) is 3.23. The lowest BCUT2D eigenvalue weighted by Crippen LogP contribution is -2.42. The second-order valence-corrected chi connectivity index (χ2v) is 5.99. The predicted octanol–water partition coefficient (Wildman–Crippen LogP) is 3.09. The maximum absolute atomic E-state index is 13.1. The minimum atomic E-state index is -0.0873. The lowest BCUT2D eigenvalue weighted by molar-refractivity contribution is -0.0228. The summed E-state index contributed by atoms with van der Waals surface area (Å²) in [6.07, 6.45) is 3.47. The molecule has 0 radical (unpaired) electrons. The Labute approximate surface area is 146 Å². The van der Waals surface area contributed by atoms with E-state index in [-0.39, 0.29) is 12.0 Å². The van der Waals surface area contributed by atoms with Gasteiger partial charge in [0.2, 0.25) is 0 Å². The standard InChI is InChI=1S/C20H19N3O2/c24-20(17-9-4-5-10-18(17)23-12-6-11-21-23)22-13-14-25-19(15-22)16-7-2-1-3-8-16/h1-12,19H,13-15H2/t19-/m0/s1. The highest BCUT2D eigenvalue weighted by Gasteiger charge is 2.27. The highest BCUT2D eigenvalue weighted by Crippen LogP contribution is 2.24. The smallest absolute Gasteiger partial charge is 0.256 e. The van der Waals surface area contributed by atoms with Crippen LogP contribution in [0.2, 0.25) is 0 Å². The van der Waals surface area contributed by atoms with Gasteiger partial charge in [0.1, 0.15) is 6.10 Å². The van der Waals surface area contributed by atoms with Crippen molar-refractivity contribution < 1.29 is 9.53 Å². The van der Waals surface area contributed by atoms with Crippen LogP contribution in [0.15, 0.2) is 73.1 Å². The Hall–Kier alpha value is -2.92. The third-order valence-electron chi connectivity index (χ3n) is 4.41. The van der Waals surface area contributed by atoms with E-state index >= 15 is 0 Å². The molecule has 0 bridgehead atoms. The number of hydrogen-bond acceptors (Lipinski definition) is 3. The van der Waals surface area contributed by atoms with Crippen LogP contribution in [-0.2, 0) is 4.74 Å². The van der Waals surface area contributed by atoms with Crippen molar-refractivity contribution in [2.45, 2.75) is 6.10 Å². The zero-order chi connectivity index (χ0) is 17.1. The molecule has 1 saturated heterocycles. The summed E-state index contributed by atoms with van der Waals surface area (Å²) in [6.45, 7) is 1.68. The molecular formula is C20H19N3O2. The van der Waals surface area contributed by atoms with Gasteiger partial charge in [0.25, 0.3) is 5.91 Å². The van der Waals surface area contributed by atoms with Crippen LogP contribution in [0, 0.1) is 0 Å². The molecule has 1 aliphatic rings. The molecule has 1 aromatic heterocycles. The number of benzene rings is 2. The molecule has 0 unspecified atom stereocenters. The molecule has 0 spiro atoms. The predicted molar refractivity (Wildman–Crippen MR) is 94.6 cm³/mol. The first-order valence-electron chi connectivity index (χ1n) is 8.38. The lowest BCUT2D eigenvalue weighted by Gasteiger charge is -2.33. The number of carbonyl (C=O) groups excluding carboxylic acids is 1. The Morgan fingerprint density at radius 1 is 1.04 bits per heavy atom. The summed E-state index contributed by atoms with van der Waals surface area (Å²) in [4.78, 5) is 15.0. The van der Waals surface area contributed by atoms with Gasteiger partial charge >= 0.3 is 0 Å². The average molecular weight is 333 g/mol. The first-order chi connectivity index (χ1) is 12.3. The van der Waals surface area contributed by atoms with Crippen molar-refractivity contribution in [1.29, 1.82) is 0 Å². The summed E-state index contributed by atoms with van der Waals surface area (Å²) >= 11 is 0. The van der Waals surface area contributed by atoms with Gasteiger partial charge in [0.05, 0.1) is 24.4 Å². The zero-order valence-corrected chi connectivity index (χ0v) is 13.8. The Bertz CT molecular complexity index is 846. The number of para-hydroxylation sites is 1. The van der Waals surface area contributed by atoms with Crippen molar-refractivity contribution in [2.24, 2.45) is 0 Å². The number of amides is 1. The first-order valence-corrected chi connectivity index (χ1v) is 8.38. The molecular weight excluding hydrogens is 314 g/mol. The zero-order valence-electron chi connectivity index (χ0n) is 13.8. The topological polar surface area (TPSA) is 47.4 Å².